The first kappa shape index (κ1) is 16.5. The second kappa shape index (κ2) is 6.62. The van der Waals surface area contributed by atoms with Crippen LogP contribution in [0.4, 0.5) is 0 Å². The van der Waals surface area contributed by atoms with Crippen LogP contribution in [0.25, 0.3) is 0 Å². The number of fused-ring (bicyclic) bond motifs is 2. The Hall–Kier alpha value is -1.39. The fourth-order valence-electron chi connectivity index (χ4n) is 4.11. The lowest BCUT2D eigenvalue weighted by Crippen LogP contribution is -2.53. The van der Waals surface area contributed by atoms with Gasteiger partial charge in [-0.05, 0) is 43.6 Å². The molecule has 1 saturated heterocycles. The first-order valence-corrected chi connectivity index (χ1v) is 8.77. The first-order chi connectivity index (χ1) is 11.0. The van der Waals surface area contributed by atoms with E-state index in [-0.39, 0.29) is 11.3 Å². The number of carbonyl (C=O) groups is 1. The zero-order valence-electron chi connectivity index (χ0n) is 14.7. The summed E-state index contributed by atoms with van der Waals surface area (Å²) in [7, 11) is 3.68. The Balaban J connectivity index is 1.75. The van der Waals surface area contributed by atoms with Crippen molar-refractivity contribution in [3.05, 3.63) is 35.4 Å². The number of nitrogens with zero attached hydrogens (tertiary/aromatic N) is 3. The second-order valence-electron chi connectivity index (χ2n) is 7.31. The Labute approximate surface area is 140 Å². The van der Waals surface area contributed by atoms with Crippen LogP contribution < -0.4 is 0 Å². The van der Waals surface area contributed by atoms with Crippen LogP contribution in [0.1, 0.15) is 30.9 Å². The zero-order chi connectivity index (χ0) is 16.4. The Morgan fingerprint density at radius 1 is 1.17 bits per heavy atom. The summed E-state index contributed by atoms with van der Waals surface area (Å²) in [5, 5.41) is 0. The van der Waals surface area contributed by atoms with Crippen molar-refractivity contribution < 1.29 is 4.79 Å². The fourth-order valence-corrected chi connectivity index (χ4v) is 4.11. The van der Waals surface area contributed by atoms with Gasteiger partial charge in [0.05, 0.1) is 6.54 Å². The van der Waals surface area contributed by atoms with Gasteiger partial charge in [-0.25, -0.2) is 0 Å². The summed E-state index contributed by atoms with van der Waals surface area (Å²) in [6.07, 6.45) is 2.31. The van der Waals surface area contributed by atoms with Crippen molar-refractivity contribution in [3.8, 4) is 0 Å². The molecule has 0 aromatic heterocycles. The molecule has 126 valence electrons. The van der Waals surface area contributed by atoms with E-state index >= 15 is 0 Å². The summed E-state index contributed by atoms with van der Waals surface area (Å²) in [6.45, 7) is 8.21. The summed E-state index contributed by atoms with van der Waals surface area (Å²) in [5.74, 6) is 0.208. The Bertz CT molecular complexity index is 561. The highest BCUT2D eigenvalue weighted by Gasteiger charge is 2.41. The van der Waals surface area contributed by atoms with Crippen LogP contribution in [-0.4, -0.2) is 67.4 Å². The van der Waals surface area contributed by atoms with Crippen molar-refractivity contribution in [1.29, 1.82) is 0 Å². The molecular weight excluding hydrogens is 286 g/mol. The lowest BCUT2D eigenvalue weighted by Gasteiger charge is -2.48. The molecule has 0 aliphatic carbocycles. The Kier molecular flexibility index (Phi) is 4.74. The third kappa shape index (κ3) is 3.29. The predicted octanol–water partition coefficient (Wildman–Crippen LogP) is 1.94. The number of hydrogen-bond donors (Lipinski definition) is 0. The maximum Gasteiger partial charge on any atom is 0.236 e. The van der Waals surface area contributed by atoms with Gasteiger partial charge in [0.1, 0.15) is 0 Å². The minimum Gasteiger partial charge on any atom is -0.348 e. The molecule has 2 heterocycles. The molecular formula is C19H29N3O. The summed E-state index contributed by atoms with van der Waals surface area (Å²) in [4.78, 5) is 18.5. The van der Waals surface area contributed by atoms with Crippen LogP contribution in [0.15, 0.2) is 24.3 Å². The molecule has 0 radical (unpaired) electrons. The van der Waals surface area contributed by atoms with Gasteiger partial charge in [-0.15, -0.1) is 0 Å². The lowest BCUT2D eigenvalue weighted by molar-refractivity contribution is -0.130. The maximum absolute atomic E-state index is 12.0. The van der Waals surface area contributed by atoms with Crippen LogP contribution in [0.5, 0.6) is 0 Å². The maximum atomic E-state index is 12.0. The molecule has 1 amide bonds. The molecule has 0 N–H and O–H groups in total. The van der Waals surface area contributed by atoms with Crippen LogP contribution in [0, 0.1) is 0 Å². The van der Waals surface area contributed by atoms with Crippen LogP contribution in [-0.2, 0) is 16.8 Å². The Morgan fingerprint density at radius 2 is 1.87 bits per heavy atom. The number of piperidine rings is 1. The molecule has 0 atom stereocenters. The van der Waals surface area contributed by atoms with E-state index in [1.165, 1.54) is 5.56 Å². The smallest absolute Gasteiger partial charge is 0.236 e. The average Bonchev–Trinajstić information content (AvgIpc) is 2.57. The number of likely N-dealkylation sites (N-methyl/N-ethyl adjacent to an activating group) is 2. The van der Waals surface area contributed by atoms with E-state index in [9.17, 15) is 4.79 Å². The van der Waals surface area contributed by atoms with Crippen LogP contribution in [0.3, 0.4) is 0 Å². The summed E-state index contributed by atoms with van der Waals surface area (Å²) in [6, 6.07) is 8.98. The van der Waals surface area contributed by atoms with Crippen molar-refractivity contribution >= 4 is 5.91 Å². The van der Waals surface area contributed by atoms with Gasteiger partial charge in [0.25, 0.3) is 0 Å². The molecule has 1 fully saturated rings. The molecule has 2 aliphatic rings. The normalized spacial score (nSPS) is 21.2. The van der Waals surface area contributed by atoms with Gasteiger partial charge in [0.15, 0.2) is 0 Å². The highest BCUT2D eigenvalue weighted by atomic mass is 16.2. The summed E-state index contributed by atoms with van der Waals surface area (Å²) >= 11 is 0. The Morgan fingerprint density at radius 3 is 2.52 bits per heavy atom. The summed E-state index contributed by atoms with van der Waals surface area (Å²) < 4.78 is 0. The molecule has 1 aromatic carbocycles. The van der Waals surface area contributed by atoms with E-state index in [2.05, 4.69) is 41.0 Å². The number of amides is 1. The summed E-state index contributed by atoms with van der Waals surface area (Å²) in [5.41, 5.74) is 3.34. The van der Waals surface area contributed by atoms with Gasteiger partial charge >= 0.3 is 0 Å². The SMILES string of the molecule is CCN1Cc2ccccc2C2(CCN(CC(=O)N(C)C)CC2)C1. The van der Waals surface area contributed by atoms with E-state index in [1.54, 1.807) is 10.5 Å². The third-order valence-corrected chi connectivity index (χ3v) is 5.63. The van der Waals surface area contributed by atoms with Gasteiger partial charge in [0.2, 0.25) is 5.91 Å². The predicted molar refractivity (Wildman–Crippen MR) is 93.4 cm³/mol. The first-order valence-electron chi connectivity index (χ1n) is 8.77. The van der Waals surface area contributed by atoms with Crippen LogP contribution >= 0.6 is 0 Å². The molecule has 4 nitrogen and oxygen atoms in total. The molecule has 0 unspecified atom stereocenters. The zero-order valence-corrected chi connectivity index (χ0v) is 14.7. The standard InChI is InChI=1S/C19H29N3O/c1-4-21-13-16-7-5-6-8-17(16)19(15-21)9-11-22(12-10-19)14-18(23)20(2)3/h5-8H,4,9-15H2,1-3H3. The van der Waals surface area contributed by atoms with E-state index < -0.39 is 0 Å². The van der Waals surface area contributed by atoms with Crippen molar-refractivity contribution in [2.75, 3.05) is 46.8 Å². The minimum absolute atomic E-state index is 0.208. The second-order valence-corrected chi connectivity index (χ2v) is 7.31. The lowest BCUT2D eigenvalue weighted by atomic mass is 9.69. The van der Waals surface area contributed by atoms with Gasteiger partial charge in [0, 0.05) is 32.6 Å². The van der Waals surface area contributed by atoms with E-state index in [1.807, 2.05) is 14.1 Å². The van der Waals surface area contributed by atoms with Crippen LogP contribution in [0.2, 0.25) is 0 Å². The molecule has 3 rings (SSSR count). The third-order valence-electron chi connectivity index (χ3n) is 5.63. The van der Waals surface area contributed by atoms with Gasteiger partial charge in [-0.1, -0.05) is 31.2 Å². The average molecular weight is 315 g/mol. The number of hydrogen-bond acceptors (Lipinski definition) is 3. The molecule has 1 aromatic rings. The van der Waals surface area contributed by atoms with E-state index in [0.717, 1.165) is 45.6 Å². The number of likely N-dealkylation sites (tertiary alicyclic amines) is 1. The minimum atomic E-state index is 0.208. The molecule has 0 saturated carbocycles. The molecule has 0 bridgehead atoms. The van der Waals surface area contributed by atoms with Crippen molar-refractivity contribution in [2.45, 2.75) is 31.7 Å². The van der Waals surface area contributed by atoms with Crippen molar-refractivity contribution in [1.82, 2.24) is 14.7 Å². The van der Waals surface area contributed by atoms with Gasteiger partial charge < -0.3 is 4.90 Å². The molecule has 23 heavy (non-hydrogen) atoms. The topological polar surface area (TPSA) is 26.8 Å². The highest BCUT2D eigenvalue weighted by Crippen LogP contribution is 2.41. The van der Waals surface area contributed by atoms with Gasteiger partial charge in [-0.2, -0.15) is 0 Å². The number of benzene rings is 1. The largest absolute Gasteiger partial charge is 0.348 e. The molecule has 4 heteroatoms. The number of carbonyl (C=O) groups excluding carboxylic acids is 1. The fraction of sp³-hybridized carbons (Fsp3) is 0.632. The monoisotopic (exact) mass is 315 g/mol. The van der Waals surface area contributed by atoms with Crippen molar-refractivity contribution in [3.63, 3.8) is 0 Å². The van der Waals surface area contributed by atoms with E-state index in [4.69, 9.17) is 0 Å². The molecule has 1 spiro atoms. The quantitative estimate of drug-likeness (QED) is 0.853. The number of rotatable bonds is 3. The highest BCUT2D eigenvalue weighted by molar-refractivity contribution is 5.77. The van der Waals surface area contributed by atoms with Crippen molar-refractivity contribution in [2.24, 2.45) is 0 Å². The van der Waals surface area contributed by atoms with E-state index in [0.29, 0.717) is 6.54 Å². The molecule has 2 aliphatic heterocycles. The van der Waals surface area contributed by atoms with Gasteiger partial charge in [-0.3, -0.25) is 14.6 Å².